The number of rotatable bonds is 4. The van der Waals surface area contributed by atoms with Crippen molar-refractivity contribution in [2.45, 2.75) is 17.4 Å². The lowest BCUT2D eigenvalue weighted by molar-refractivity contribution is 0.182. The van der Waals surface area contributed by atoms with Gasteiger partial charge in [0.15, 0.2) is 0 Å². The van der Waals surface area contributed by atoms with Crippen molar-refractivity contribution in [1.29, 1.82) is 0 Å². The Labute approximate surface area is 116 Å². The minimum atomic E-state index is 0.178. The van der Waals surface area contributed by atoms with Gasteiger partial charge in [-0.25, -0.2) is 0 Å². The van der Waals surface area contributed by atoms with E-state index in [1.165, 1.54) is 0 Å². The van der Waals surface area contributed by atoms with E-state index in [-0.39, 0.29) is 6.04 Å². The SMILES string of the molecule is NC(CSc1ccc(Cl)c(Cl)c1)C1CCOC1. The molecule has 0 radical (unpaired) electrons. The van der Waals surface area contributed by atoms with Crippen LogP contribution in [0, 0.1) is 5.92 Å². The summed E-state index contributed by atoms with van der Waals surface area (Å²) in [5.41, 5.74) is 6.13. The lowest BCUT2D eigenvalue weighted by Crippen LogP contribution is -2.32. The topological polar surface area (TPSA) is 35.2 Å². The molecule has 5 heteroatoms. The monoisotopic (exact) mass is 291 g/mol. The smallest absolute Gasteiger partial charge is 0.0603 e. The van der Waals surface area contributed by atoms with Gasteiger partial charge in [-0.1, -0.05) is 23.2 Å². The molecule has 1 aliphatic heterocycles. The van der Waals surface area contributed by atoms with Crippen LogP contribution in [-0.4, -0.2) is 25.0 Å². The van der Waals surface area contributed by atoms with Gasteiger partial charge in [-0.3, -0.25) is 0 Å². The van der Waals surface area contributed by atoms with Gasteiger partial charge in [-0.05, 0) is 24.6 Å². The van der Waals surface area contributed by atoms with Gasteiger partial charge in [0.05, 0.1) is 16.7 Å². The molecule has 2 nitrogen and oxygen atoms in total. The predicted molar refractivity (Wildman–Crippen MR) is 74.1 cm³/mol. The Morgan fingerprint density at radius 2 is 2.24 bits per heavy atom. The zero-order valence-corrected chi connectivity index (χ0v) is 11.7. The maximum absolute atomic E-state index is 6.13. The van der Waals surface area contributed by atoms with Crippen LogP contribution >= 0.6 is 35.0 Å². The zero-order valence-electron chi connectivity index (χ0n) is 9.36. The molecule has 17 heavy (non-hydrogen) atoms. The number of hydrogen-bond donors (Lipinski definition) is 1. The molecule has 1 aromatic carbocycles. The molecular formula is C12H15Cl2NOS. The van der Waals surface area contributed by atoms with E-state index in [0.29, 0.717) is 16.0 Å². The van der Waals surface area contributed by atoms with Crippen molar-refractivity contribution in [3.63, 3.8) is 0 Å². The summed E-state index contributed by atoms with van der Waals surface area (Å²) < 4.78 is 5.34. The van der Waals surface area contributed by atoms with E-state index < -0.39 is 0 Å². The molecule has 1 aliphatic rings. The normalized spacial score (nSPS) is 21.7. The summed E-state index contributed by atoms with van der Waals surface area (Å²) in [6, 6.07) is 5.84. The number of hydrogen-bond acceptors (Lipinski definition) is 3. The molecule has 2 N–H and O–H groups in total. The van der Waals surface area contributed by atoms with E-state index in [9.17, 15) is 0 Å². The molecule has 1 heterocycles. The Kier molecular flexibility index (Phi) is 5.00. The first-order chi connectivity index (χ1) is 8.16. The molecule has 94 valence electrons. The highest BCUT2D eigenvalue weighted by Gasteiger charge is 2.22. The maximum atomic E-state index is 6.13. The molecular weight excluding hydrogens is 277 g/mol. The number of benzene rings is 1. The molecule has 0 aliphatic carbocycles. The average molecular weight is 292 g/mol. The molecule has 0 spiro atoms. The van der Waals surface area contributed by atoms with Gasteiger partial charge in [0.1, 0.15) is 0 Å². The summed E-state index contributed by atoms with van der Waals surface area (Å²) >= 11 is 13.5. The molecule has 1 fully saturated rings. The van der Waals surface area contributed by atoms with Gasteiger partial charge in [-0.2, -0.15) is 0 Å². The molecule has 0 saturated carbocycles. The summed E-state index contributed by atoms with van der Waals surface area (Å²) in [6.45, 7) is 1.64. The molecule has 0 aromatic heterocycles. The van der Waals surface area contributed by atoms with Gasteiger partial charge in [0.2, 0.25) is 0 Å². The van der Waals surface area contributed by atoms with E-state index in [0.717, 1.165) is 30.3 Å². The third-order valence-electron chi connectivity index (χ3n) is 2.90. The Balaban J connectivity index is 1.86. The van der Waals surface area contributed by atoms with Crippen LogP contribution in [0.1, 0.15) is 6.42 Å². The lowest BCUT2D eigenvalue weighted by atomic mass is 10.0. The van der Waals surface area contributed by atoms with Crippen LogP contribution in [-0.2, 0) is 4.74 Å². The van der Waals surface area contributed by atoms with Crippen molar-refractivity contribution in [2.24, 2.45) is 11.7 Å². The van der Waals surface area contributed by atoms with Crippen molar-refractivity contribution < 1.29 is 4.74 Å². The Bertz CT molecular complexity index is 383. The lowest BCUT2D eigenvalue weighted by Gasteiger charge is -2.16. The van der Waals surface area contributed by atoms with Crippen LogP contribution < -0.4 is 5.73 Å². The van der Waals surface area contributed by atoms with Crippen molar-refractivity contribution in [1.82, 2.24) is 0 Å². The van der Waals surface area contributed by atoms with Gasteiger partial charge in [0, 0.05) is 29.2 Å². The summed E-state index contributed by atoms with van der Waals surface area (Å²) in [7, 11) is 0. The summed E-state index contributed by atoms with van der Waals surface area (Å²) in [6.07, 6.45) is 1.07. The minimum absolute atomic E-state index is 0.178. The quantitative estimate of drug-likeness (QED) is 0.863. The van der Waals surface area contributed by atoms with Crippen LogP contribution in [0.4, 0.5) is 0 Å². The molecule has 0 bridgehead atoms. The standard InChI is InChI=1S/C12H15Cl2NOS/c13-10-2-1-9(5-11(10)14)17-7-12(15)8-3-4-16-6-8/h1-2,5,8,12H,3-4,6-7,15H2. The minimum Gasteiger partial charge on any atom is -0.381 e. The van der Waals surface area contributed by atoms with Gasteiger partial charge >= 0.3 is 0 Å². The highest BCUT2D eigenvalue weighted by atomic mass is 35.5. The summed E-state index contributed by atoms with van der Waals surface area (Å²) in [4.78, 5) is 1.11. The van der Waals surface area contributed by atoms with Crippen LogP contribution in [0.2, 0.25) is 10.0 Å². The molecule has 1 aromatic rings. The van der Waals surface area contributed by atoms with E-state index in [1.54, 1.807) is 11.8 Å². The van der Waals surface area contributed by atoms with E-state index in [2.05, 4.69) is 0 Å². The average Bonchev–Trinajstić information content (AvgIpc) is 2.84. The fourth-order valence-corrected chi connectivity index (χ4v) is 3.17. The first-order valence-electron chi connectivity index (χ1n) is 5.58. The number of thioether (sulfide) groups is 1. The van der Waals surface area contributed by atoms with Gasteiger partial charge < -0.3 is 10.5 Å². The highest BCUT2D eigenvalue weighted by Crippen LogP contribution is 2.29. The van der Waals surface area contributed by atoms with E-state index in [4.69, 9.17) is 33.7 Å². The van der Waals surface area contributed by atoms with Gasteiger partial charge in [0.25, 0.3) is 0 Å². The molecule has 1 saturated heterocycles. The fraction of sp³-hybridized carbons (Fsp3) is 0.500. The highest BCUT2D eigenvalue weighted by molar-refractivity contribution is 7.99. The van der Waals surface area contributed by atoms with E-state index >= 15 is 0 Å². The first kappa shape index (κ1) is 13.5. The van der Waals surface area contributed by atoms with Crippen LogP contribution in [0.25, 0.3) is 0 Å². The summed E-state index contributed by atoms with van der Waals surface area (Å²) in [5, 5.41) is 1.18. The molecule has 2 rings (SSSR count). The summed E-state index contributed by atoms with van der Waals surface area (Å²) in [5.74, 6) is 1.37. The van der Waals surface area contributed by atoms with Crippen molar-refractivity contribution in [3.8, 4) is 0 Å². The largest absolute Gasteiger partial charge is 0.381 e. The molecule has 2 unspecified atom stereocenters. The first-order valence-corrected chi connectivity index (χ1v) is 7.32. The number of halogens is 2. The Morgan fingerprint density at radius 3 is 2.88 bits per heavy atom. The molecule has 2 atom stereocenters. The number of ether oxygens (including phenoxy) is 1. The van der Waals surface area contributed by atoms with E-state index in [1.807, 2.05) is 18.2 Å². The van der Waals surface area contributed by atoms with Crippen molar-refractivity contribution in [2.75, 3.05) is 19.0 Å². The Morgan fingerprint density at radius 1 is 1.41 bits per heavy atom. The Hall–Kier alpha value is 0.0700. The zero-order chi connectivity index (χ0) is 12.3. The third kappa shape index (κ3) is 3.76. The number of nitrogens with two attached hydrogens (primary N) is 1. The van der Waals surface area contributed by atoms with Crippen molar-refractivity contribution >= 4 is 35.0 Å². The second kappa shape index (κ2) is 6.30. The fourth-order valence-electron chi connectivity index (χ4n) is 1.79. The van der Waals surface area contributed by atoms with Crippen LogP contribution in [0.15, 0.2) is 23.1 Å². The maximum Gasteiger partial charge on any atom is 0.0603 e. The van der Waals surface area contributed by atoms with Gasteiger partial charge in [-0.15, -0.1) is 11.8 Å². The third-order valence-corrected chi connectivity index (χ3v) is 4.78. The predicted octanol–water partition coefficient (Wildman–Crippen LogP) is 3.45. The van der Waals surface area contributed by atoms with Crippen LogP contribution in [0.3, 0.4) is 0 Å². The molecule has 0 amide bonds. The van der Waals surface area contributed by atoms with Crippen LogP contribution in [0.5, 0.6) is 0 Å². The second-order valence-electron chi connectivity index (χ2n) is 4.17. The van der Waals surface area contributed by atoms with Crippen molar-refractivity contribution in [3.05, 3.63) is 28.2 Å². The second-order valence-corrected chi connectivity index (χ2v) is 6.08.